The molecule has 262 valence electrons. The predicted octanol–water partition coefficient (Wildman–Crippen LogP) is 5.29. The monoisotopic (exact) mass is 683 g/mol. The van der Waals surface area contributed by atoms with Gasteiger partial charge in [-0.1, -0.05) is 73.7 Å². The van der Waals surface area contributed by atoms with Crippen LogP contribution in [0.2, 0.25) is 18.6 Å². The van der Waals surface area contributed by atoms with Gasteiger partial charge in [0.15, 0.2) is 0 Å². The molecule has 0 aliphatic carbocycles. The summed E-state index contributed by atoms with van der Waals surface area (Å²) < 4.78 is 12.4. The summed E-state index contributed by atoms with van der Waals surface area (Å²) in [6.07, 6.45) is 4.44. The molecule has 0 bridgehead atoms. The zero-order chi connectivity index (χ0) is 34.5. The van der Waals surface area contributed by atoms with Crippen molar-refractivity contribution in [2.45, 2.75) is 88.9 Å². The Bertz CT molecular complexity index is 1570. The van der Waals surface area contributed by atoms with Crippen molar-refractivity contribution in [1.82, 2.24) is 10.2 Å². The standard InChI is InChI=1S/C40H53N3O5Si/c1-27-36(20-13-28-11-14-32(15-12-28)42-40(46)30-10-7-21-41-24-30)48-37(39(27)49(3,4)35-18-16-34(47-2)17-19-35)23-38(45)43-25-31-9-6-5-8-29(31)22-33(43)26-44/h5-6,8-9,11-12,14-19,27,30,33,36-37,39,41,44H,7,10,13,20-26H2,1-4H3,(H,42,46)/t27-,30?,33-,36+,37-,39+/m0/s1. The van der Waals surface area contributed by atoms with Gasteiger partial charge < -0.3 is 30.1 Å². The summed E-state index contributed by atoms with van der Waals surface area (Å²) in [5.74, 6) is 1.26. The maximum Gasteiger partial charge on any atom is 0.228 e. The van der Waals surface area contributed by atoms with Gasteiger partial charge in [-0.2, -0.15) is 0 Å². The molecular weight excluding hydrogens is 631 g/mol. The number of ether oxygens (including phenoxy) is 2. The van der Waals surface area contributed by atoms with Crippen LogP contribution in [0.5, 0.6) is 5.75 Å². The summed E-state index contributed by atoms with van der Waals surface area (Å²) in [6.45, 7) is 9.31. The van der Waals surface area contributed by atoms with Crippen LogP contribution in [0, 0.1) is 11.8 Å². The second-order valence-electron chi connectivity index (χ2n) is 14.9. The van der Waals surface area contributed by atoms with Crippen molar-refractivity contribution in [2.75, 3.05) is 32.1 Å². The molecule has 3 aliphatic heterocycles. The molecule has 6 atom stereocenters. The van der Waals surface area contributed by atoms with Crippen molar-refractivity contribution in [2.24, 2.45) is 11.8 Å². The van der Waals surface area contributed by atoms with Gasteiger partial charge in [0.2, 0.25) is 11.8 Å². The summed E-state index contributed by atoms with van der Waals surface area (Å²) in [5.41, 5.74) is 4.62. The number of benzene rings is 3. The number of aliphatic hydroxyl groups excluding tert-OH is 1. The lowest BCUT2D eigenvalue weighted by atomic mass is 9.93. The highest BCUT2D eigenvalue weighted by molar-refractivity contribution is 6.91. The molecule has 0 radical (unpaired) electrons. The van der Waals surface area contributed by atoms with Crippen LogP contribution in [0.3, 0.4) is 0 Å². The largest absolute Gasteiger partial charge is 0.497 e. The quantitative estimate of drug-likeness (QED) is 0.238. The van der Waals surface area contributed by atoms with E-state index >= 15 is 0 Å². The number of methoxy groups -OCH3 is 1. The average Bonchev–Trinajstić information content (AvgIpc) is 3.45. The molecule has 8 nitrogen and oxygen atoms in total. The number of aliphatic hydroxyl groups is 1. The van der Waals surface area contributed by atoms with Gasteiger partial charge in [-0.05, 0) is 91.1 Å². The molecule has 3 aliphatic rings. The molecule has 3 heterocycles. The molecule has 0 saturated carbocycles. The van der Waals surface area contributed by atoms with Crippen LogP contribution in [0.25, 0.3) is 0 Å². The molecule has 3 N–H and O–H groups in total. The fourth-order valence-corrected chi connectivity index (χ4v) is 12.6. The van der Waals surface area contributed by atoms with Crippen LogP contribution in [0.15, 0.2) is 72.8 Å². The lowest BCUT2D eigenvalue weighted by Crippen LogP contribution is -2.52. The number of amides is 2. The Labute approximate surface area is 292 Å². The zero-order valence-corrected chi connectivity index (χ0v) is 30.5. The Hall–Kier alpha value is -3.50. The molecule has 0 aromatic heterocycles. The van der Waals surface area contributed by atoms with Gasteiger partial charge in [0, 0.05) is 18.8 Å². The van der Waals surface area contributed by atoms with Gasteiger partial charge in [0.25, 0.3) is 0 Å². The van der Waals surface area contributed by atoms with Gasteiger partial charge in [-0.25, -0.2) is 0 Å². The van der Waals surface area contributed by atoms with Crippen molar-refractivity contribution in [3.05, 3.63) is 89.5 Å². The smallest absolute Gasteiger partial charge is 0.228 e. The number of carbonyl (C=O) groups is 2. The number of anilines is 1. The van der Waals surface area contributed by atoms with E-state index in [1.165, 1.54) is 16.3 Å². The van der Waals surface area contributed by atoms with E-state index in [0.29, 0.717) is 19.4 Å². The minimum Gasteiger partial charge on any atom is -0.497 e. The van der Waals surface area contributed by atoms with Crippen LogP contribution in [0.4, 0.5) is 5.69 Å². The lowest BCUT2D eigenvalue weighted by Gasteiger charge is -2.39. The van der Waals surface area contributed by atoms with Crippen molar-refractivity contribution < 1.29 is 24.2 Å². The number of piperidine rings is 1. The van der Waals surface area contributed by atoms with E-state index in [1.807, 2.05) is 41.3 Å². The number of rotatable bonds is 11. The molecular formula is C40H53N3O5Si. The predicted molar refractivity (Wildman–Crippen MR) is 197 cm³/mol. The summed E-state index contributed by atoms with van der Waals surface area (Å²) in [5, 5.41) is 18.0. The number of nitrogens with zero attached hydrogens (tertiary/aromatic N) is 1. The van der Waals surface area contributed by atoms with E-state index in [2.05, 4.69) is 67.0 Å². The minimum atomic E-state index is -2.14. The number of hydrogen-bond acceptors (Lipinski definition) is 6. The fourth-order valence-electron chi connectivity index (χ4n) is 8.56. The fraction of sp³-hybridized carbons (Fsp3) is 0.500. The number of hydrogen-bond donors (Lipinski definition) is 3. The van der Waals surface area contributed by atoms with Gasteiger partial charge in [0.1, 0.15) is 5.75 Å². The highest BCUT2D eigenvalue weighted by Crippen LogP contribution is 2.47. The second kappa shape index (κ2) is 15.6. The summed E-state index contributed by atoms with van der Waals surface area (Å²) in [6, 6.07) is 24.7. The summed E-state index contributed by atoms with van der Waals surface area (Å²) in [7, 11) is -0.452. The van der Waals surface area contributed by atoms with Crippen molar-refractivity contribution >= 4 is 30.8 Å². The highest BCUT2D eigenvalue weighted by atomic mass is 28.3. The number of carbonyl (C=O) groups excluding carboxylic acids is 2. The first-order valence-corrected chi connectivity index (χ1v) is 21.1. The van der Waals surface area contributed by atoms with Crippen molar-refractivity contribution in [3.63, 3.8) is 0 Å². The average molecular weight is 684 g/mol. The normalized spacial score (nSPS) is 25.4. The molecule has 2 saturated heterocycles. The maximum atomic E-state index is 14.1. The van der Waals surface area contributed by atoms with E-state index in [4.69, 9.17) is 9.47 Å². The Morgan fingerprint density at radius 1 is 1.02 bits per heavy atom. The number of aryl methyl sites for hydroxylation is 1. The van der Waals surface area contributed by atoms with Gasteiger partial charge in [0.05, 0.1) is 52.4 Å². The topological polar surface area (TPSA) is 100 Å². The van der Waals surface area contributed by atoms with Crippen LogP contribution >= 0.6 is 0 Å². The molecule has 3 aromatic carbocycles. The number of nitrogens with one attached hydrogen (secondary N) is 2. The zero-order valence-electron chi connectivity index (χ0n) is 29.5. The Morgan fingerprint density at radius 3 is 2.43 bits per heavy atom. The van der Waals surface area contributed by atoms with E-state index in [1.54, 1.807) is 7.11 Å². The second-order valence-corrected chi connectivity index (χ2v) is 19.5. The first-order valence-electron chi connectivity index (χ1n) is 18.1. The van der Waals surface area contributed by atoms with Crippen molar-refractivity contribution in [1.29, 1.82) is 0 Å². The van der Waals surface area contributed by atoms with Crippen LogP contribution < -0.4 is 20.6 Å². The molecule has 49 heavy (non-hydrogen) atoms. The maximum absolute atomic E-state index is 14.1. The van der Waals surface area contributed by atoms with E-state index < -0.39 is 8.07 Å². The molecule has 3 aromatic rings. The lowest BCUT2D eigenvalue weighted by molar-refractivity contribution is -0.138. The van der Waals surface area contributed by atoms with Gasteiger partial charge in [-0.3, -0.25) is 9.59 Å². The molecule has 9 heteroatoms. The molecule has 2 amide bonds. The minimum absolute atomic E-state index is 0.0155. The van der Waals surface area contributed by atoms with E-state index in [9.17, 15) is 14.7 Å². The van der Waals surface area contributed by atoms with Crippen LogP contribution in [0.1, 0.15) is 49.3 Å². The number of fused-ring (bicyclic) bond motifs is 1. The first-order chi connectivity index (χ1) is 23.7. The van der Waals surface area contributed by atoms with Crippen LogP contribution in [-0.4, -0.2) is 75.0 Å². The van der Waals surface area contributed by atoms with E-state index in [0.717, 1.165) is 55.8 Å². The molecule has 1 unspecified atom stereocenters. The van der Waals surface area contributed by atoms with Gasteiger partial charge >= 0.3 is 0 Å². The third kappa shape index (κ3) is 7.96. The first kappa shape index (κ1) is 35.3. The summed E-state index contributed by atoms with van der Waals surface area (Å²) >= 11 is 0. The Kier molecular flexibility index (Phi) is 11.2. The summed E-state index contributed by atoms with van der Waals surface area (Å²) in [4.78, 5) is 28.7. The molecule has 0 spiro atoms. The van der Waals surface area contributed by atoms with Crippen LogP contribution in [-0.2, 0) is 33.7 Å². The van der Waals surface area contributed by atoms with E-state index in [-0.39, 0.29) is 54.0 Å². The highest BCUT2D eigenvalue weighted by Gasteiger charge is 2.51. The molecule has 2 fully saturated rings. The third-order valence-electron chi connectivity index (χ3n) is 11.4. The Morgan fingerprint density at radius 2 is 1.76 bits per heavy atom. The SMILES string of the molecule is COc1ccc([Si](C)(C)[C@@H]2[C@@H](C)[C@@H](CCc3ccc(NC(=O)C4CCCNC4)cc3)O[C@H]2CC(=O)N2Cc3ccccc3C[C@H]2CO)cc1. The third-order valence-corrected chi connectivity index (χ3v) is 15.8. The molecule has 6 rings (SSSR count). The Balaban J connectivity index is 1.17. The van der Waals surface area contributed by atoms with Crippen molar-refractivity contribution in [3.8, 4) is 5.75 Å². The van der Waals surface area contributed by atoms with Gasteiger partial charge in [-0.15, -0.1) is 0 Å².